The highest BCUT2D eigenvalue weighted by atomic mass is 79.9. The number of aromatic nitrogens is 2. The van der Waals surface area contributed by atoms with Crippen LogP contribution in [0, 0.1) is 0 Å². The molecular formula is C15H14BrN3O. The molecule has 0 radical (unpaired) electrons. The van der Waals surface area contributed by atoms with Crippen molar-refractivity contribution in [3.63, 3.8) is 0 Å². The van der Waals surface area contributed by atoms with Crippen molar-refractivity contribution in [3.8, 4) is 0 Å². The van der Waals surface area contributed by atoms with Crippen LogP contribution in [-0.4, -0.2) is 14.7 Å². The summed E-state index contributed by atoms with van der Waals surface area (Å²) in [5.41, 5.74) is 9.79. The number of hydrogen-bond donors (Lipinski definition) is 2. The molecule has 5 heteroatoms. The molecule has 102 valence electrons. The molecule has 20 heavy (non-hydrogen) atoms. The van der Waals surface area contributed by atoms with Crippen molar-refractivity contribution in [2.45, 2.75) is 13.2 Å². The lowest BCUT2D eigenvalue weighted by Gasteiger charge is -2.07. The number of anilines is 1. The molecule has 0 saturated carbocycles. The SMILES string of the molecule is Nc1nc2cc(CO)ccc2n1Cc1ccc(Br)cc1. The predicted molar refractivity (Wildman–Crippen MR) is 83.3 cm³/mol. The summed E-state index contributed by atoms with van der Waals surface area (Å²) in [5, 5.41) is 9.16. The van der Waals surface area contributed by atoms with Crippen molar-refractivity contribution in [2.24, 2.45) is 0 Å². The summed E-state index contributed by atoms with van der Waals surface area (Å²) >= 11 is 3.43. The fourth-order valence-corrected chi connectivity index (χ4v) is 2.50. The molecular weight excluding hydrogens is 318 g/mol. The van der Waals surface area contributed by atoms with E-state index in [4.69, 9.17) is 10.8 Å². The number of aliphatic hydroxyl groups excluding tert-OH is 1. The van der Waals surface area contributed by atoms with Gasteiger partial charge in [-0.05, 0) is 35.4 Å². The summed E-state index contributed by atoms with van der Waals surface area (Å²) in [6.45, 7) is 0.684. The highest BCUT2D eigenvalue weighted by Crippen LogP contribution is 2.21. The van der Waals surface area contributed by atoms with Gasteiger partial charge >= 0.3 is 0 Å². The standard InChI is InChI=1S/C15H14BrN3O/c16-12-4-1-10(2-5-12)8-19-14-6-3-11(9-20)7-13(14)18-15(19)17/h1-7,20H,8-9H2,(H2,17,18). The lowest BCUT2D eigenvalue weighted by atomic mass is 10.2. The minimum absolute atomic E-state index is 0.00934. The number of hydrogen-bond acceptors (Lipinski definition) is 3. The van der Waals surface area contributed by atoms with Gasteiger partial charge in [-0.1, -0.05) is 34.1 Å². The first kappa shape index (κ1) is 13.1. The molecule has 3 N–H and O–H groups in total. The molecule has 2 aromatic carbocycles. The minimum Gasteiger partial charge on any atom is -0.392 e. The van der Waals surface area contributed by atoms with Gasteiger partial charge in [-0.25, -0.2) is 4.98 Å². The van der Waals surface area contributed by atoms with Gasteiger partial charge in [0.1, 0.15) is 0 Å². The summed E-state index contributed by atoms with van der Waals surface area (Å²) in [6.07, 6.45) is 0. The van der Waals surface area contributed by atoms with Crippen LogP contribution >= 0.6 is 15.9 Å². The van der Waals surface area contributed by atoms with E-state index in [1.165, 1.54) is 0 Å². The molecule has 1 aromatic heterocycles. The van der Waals surface area contributed by atoms with Gasteiger partial charge in [-0.3, -0.25) is 0 Å². The second-order valence-corrected chi connectivity index (χ2v) is 5.58. The molecule has 0 spiro atoms. The third-order valence-corrected chi connectivity index (χ3v) is 3.81. The van der Waals surface area contributed by atoms with Gasteiger partial charge in [0.2, 0.25) is 5.95 Å². The Labute approximate surface area is 125 Å². The lowest BCUT2D eigenvalue weighted by molar-refractivity contribution is 0.282. The molecule has 0 unspecified atom stereocenters. The molecule has 3 aromatic rings. The van der Waals surface area contributed by atoms with Gasteiger partial charge in [0.15, 0.2) is 0 Å². The maximum atomic E-state index is 9.16. The Morgan fingerprint density at radius 3 is 2.50 bits per heavy atom. The van der Waals surface area contributed by atoms with E-state index < -0.39 is 0 Å². The highest BCUT2D eigenvalue weighted by Gasteiger charge is 2.09. The van der Waals surface area contributed by atoms with E-state index in [-0.39, 0.29) is 6.61 Å². The zero-order chi connectivity index (χ0) is 14.1. The van der Waals surface area contributed by atoms with Crippen LogP contribution in [0.4, 0.5) is 5.95 Å². The minimum atomic E-state index is 0.00934. The summed E-state index contributed by atoms with van der Waals surface area (Å²) in [6, 6.07) is 13.8. The van der Waals surface area contributed by atoms with E-state index in [0.29, 0.717) is 12.5 Å². The number of aliphatic hydroxyl groups is 1. The van der Waals surface area contributed by atoms with Crippen molar-refractivity contribution in [1.82, 2.24) is 9.55 Å². The average molecular weight is 332 g/mol. The van der Waals surface area contributed by atoms with Crippen LogP contribution in [0.3, 0.4) is 0 Å². The van der Waals surface area contributed by atoms with E-state index in [2.05, 4.69) is 33.0 Å². The average Bonchev–Trinajstić information content (AvgIpc) is 2.76. The van der Waals surface area contributed by atoms with Crippen LogP contribution in [0.2, 0.25) is 0 Å². The first-order valence-electron chi connectivity index (χ1n) is 6.27. The van der Waals surface area contributed by atoms with E-state index in [1.54, 1.807) is 0 Å². The number of benzene rings is 2. The van der Waals surface area contributed by atoms with Crippen LogP contribution in [0.15, 0.2) is 46.9 Å². The van der Waals surface area contributed by atoms with Crippen molar-refractivity contribution < 1.29 is 5.11 Å². The Morgan fingerprint density at radius 2 is 1.80 bits per heavy atom. The molecule has 0 bridgehead atoms. The van der Waals surface area contributed by atoms with Gasteiger partial charge in [0.25, 0.3) is 0 Å². The summed E-state index contributed by atoms with van der Waals surface area (Å²) < 4.78 is 3.03. The normalized spacial score (nSPS) is 11.1. The van der Waals surface area contributed by atoms with Gasteiger partial charge in [0, 0.05) is 4.47 Å². The number of nitrogens with zero attached hydrogens (tertiary/aromatic N) is 2. The number of fused-ring (bicyclic) bond motifs is 1. The monoisotopic (exact) mass is 331 g/mol. The number of nitrogens with two attached hydrogens (primary N) is 1. The van der Waals surface area contributed by atoms with Gasteiger partial charge < -0.3 is 15.4 Å². The molecule has 1 heterocycles. The number of nitrogen functional groups attached to an aromatic ring is 1. The van der Waals surface area contributed by atoms with E-state index in [0.717, 1.165) is 26.6 Å². The van der Waals surface area contributed by atoms with Crippen molar-refractivity contribution >= 4 is 32.9 Å². The fraction of sp³-hybridized carbons (Fsp3) is 0.133. The Balaban J connectivity index is 2.02. The zero-order valence-corrected chi connectivity index (χ0v) is 12.3. The summed E-state index contributed by atoms with van der Waals surface area (Å²) in [4.78, 5) is 4.36. The second kappa shape index (κ2) is 5.26. The lowest BCUT2D eigenvalue weighted by Crippen LogP contribution is -2.04. The van der Waals surface area contributed by atoms with Crippen LogP contribution in [0.25, 0.3) is 11.0 Å². The maximum absolute atomic E-state index is 9.16. The van der Waals surface area contributed by atoms with Crippen LogP contribution in [-0.2, 0) is 13.2 Å². The molecule has 0 aliphatic carbocycles. The highest BCUT2D eigenvalue weighted by molar-refractivity contribution is 9.10. The predicted octanol–water partition coefficient (Wildman–Crippen LogP) is 2.92. The van der Waals surface area contributed by atoms with E-state index in [9.17, 15) is 0 Å². The second-order valence-electron chi connectivity index (χ2n) is 4.66. The molecule has 0 aliphatic rings. The Kier molecular flexibility index (Phi) is 3.46. The maximum Gasteiger partial charge on any atom is 0.201 e. The van der Waals surface area contributed by atoms with Crippen molar-refractivity contribution in [2.75, 3.05) is 5.73 Å². The smallest absolute Gasteiger partial charge is 0.201 e. The number of halogens is 1. The van der Waals surface area contributed by atoms with E-state index in [1.807, 2.05) is 34.9 Å². The van der Waals surface area contributed by atoms with Crippen LogP contribution < -0.4 is 5.73 Å². The molecule has 0 aliphatic heterocycles. The van der Waals surface area contributed by atoms with Crippen molar-refractivity contribution in [1.29, 1.82) is 0 Å². The topological polar surface area (TPSA) is 64.1 Å². The van der Waals surface area contributed by atoms with Crippen LogP contribution in [0.1, 0.15) is 11.1 Å². The van der Waals surface area contributed by atoms with Crippen LogP contribution in [0.5, 0.6) is 0 Å². The molecule has 4 nitrogen and oxygen atoms in total. The van der Waals surface area contributed by atoms with E-state index >= 15 is 0 Å². The van der Waals surface area contributed by atoms with Gasteiger partial charge in [-0.15, -0.1) is 0 Å². The molecule has 3 rings (SSSR count). The molecule has 0 saturated heterocycles. The first-order valence-corrected chi connectivity index (χ1v) is 7.06. The van der Waals surface area contributed by atoms with Gasteiger partial charge in [-0.2, -0.15) is 0 Å². The van der Waals surface area contributed by atoms with Gasteiger partial charge in [0.05, 0.1) is 24.2 Å². The quantitative estimate of drug-likeness (QED) is 0.775. The molecule has 0 fully saturated rings. The first-order chi connectivity index (χ1) is 9.67. The zero-order valence-electron chi connectivity index (χ0n) is 10.8. The fourth-order valence-electron chi connectivity index (χ4n) is 2.23. The number of rotatable bonds is 3. The third-order valence-electron chi connectivity index (χ3n) is 3.28. The Bertz CT molecular complexity index is 750. The Morgan fingerprint density at radius 1 is 1.10 bits per heavy atom. The molecule has 0 atom stereocenters. The number of imidazole rings is 1. The summed E-state index contributed by atoms with van der Waals surface area (Å²) in [7, 11) is 0. The molecule has 0 amide bonds. The Hall–Kier alpha value is -1.85. The summed E-state index contributed by atoms with van der Waals surface area (Å²) in [5.74, 6) is 0.484. The largest absolute Gasteiger partial charge is 0.392 e. The van der Waals surface area contributed by atoms with Crippen molar-refractivity contribution in [3.05, 3.63) is 58.1 Å². The third kappa shape index (κ3) is 2.42.